The molecule has 0 aliphatic rings. The molecule has 96 valence electrons. The predicted octanol–water partition coefficient (Wildman–Crippen LogP) is 2.60. The molecule has 0 unspecified atom stereocenters. The summed E-state index contributed by atoms with van der Waals surface area (Å²) in [6.45, 7) is 4.09. The molecule has 0 atom stereocenters. The zero-order chi connectivity index (χ0) is 13.0. The number of hydrogen-bond acceptors (Lipinski definition) is 4. The Morgan fingerprint density at radius 1 is 1.50 bits per heavy atom. The summed E-state index contributed by atoms with van der Waals surface area (Å²) >= 11 is 1.68. The number of amides is 1. The van der Waals surface area contributed by atoms with Crippen LogP contribution >= 0.6 is 11.3 Å². The van der Waals surface area contributed by atoms with E-state index in [2.05, 4.69) is 10.3 Å². The molecule has 0 aliphatic heterocycles. The van der Waals surface area contributed by atoms with Crippen molar-refractivity contribution in [1.82, 2.24) is 10.3 Å². The summed E-state index contributed by atoms with van der Waals surface area (Å²) in [6.07, 6.45) is 1.30. The van der Waals surface area contributed by atoms with Crippen LogP contribution in [-0.4, -0.2) is 10.9 Å². The summed E-state index contributed by atoms with van der Waals surface area (Å²) in [4.78, 5) is 17.1. The van der Waals surface area contributed by atoms with Crippen molar-refractivity contribution in [1.29, 1.82) is 0 Å². The van der Waals surface area contributed by atoms with Gasteiger partial charge in [-0.05, 0) is 24.8 Å². The maximum atomic E-state index is 11.7. The van der Waals surface area contributed by atoms with E-state index in [9.17, 15) is 4.79 Å². The van der Waals surface area contributed by atoms with Crippen molar-refractivity contribution in [3.05, 3.63) is 39.7 Å². The number of rotatable bonds is 5. The van der Waals surface area contributed by atoms with Crippen LogP contribution in [0.15, 0.2) is 21.9 Å². The highest BCUT2D eigenvalue weighted by Gasteiger charge is 2.08. The number of carbonyl (C=O) groups excluding carboxylic acids is 1. The Labute approximate surface area is 110 Å². The van der Waals surface area contributed by atoms with Gasteiger partial charge in [-0.25, -0.2) is 4.98 Å². The highest BCUT2D eigenvalue weighted by Crippen LogP contribution is 2.11. The van der Waals surface area contributed by atoms with Gasteiger partial charge in [-0.1, -0.05) is 6.07 Å². The topological polar surface area (TPSA) is 55.1 Å². The fourth-order valence-electron chi connectivity index (χ4n) is 1.70. The molecule has 0 fully saturated rings. The first-order valence-electron chi connectivity index (χ1n) is 5.87. The highest BCUT2D eigenvalue weighted by atomic mass is 32.1. The average Bonchev–Trinajstić information content (AvgIpc) is 2.94. The lowest BCUT2D eigenvalue weighted by molar-refractivity contribution is -0.121. The van der Waals surface area contributed by atoms with Crippen molar-refractivity contribution in [2.24, 2.45) is 0 Å². The van der Waals surface area contributed by atoms with Gasteiger partial charge in [-0.3, -0.25) is 4.79 Å². The molecule has 18 heavy (non-hydrogen) atoms. The quantitative estimate of drug-likeness (QED) is 0.903. The van der Waals surface area contributed by atoms with Crippen LogP contribution in [0.2, 0.25) is 0 Å². The fourth-order valence-corrected chi connectivity index (χ4v) is 2.41. The molecule has 0 spiro atoms. The number of hydrogen-bond donors (Lipinski definition) is 1. The molecule has 2 aromatic rings. The molecule has 0 saturated carbocycles. The first kappa shape index (κ1) is 12.8. The number of nitrogens with one attached hydrogen (secondary N) is 1. The van der Waals surface area contributed by atoms with Gasteiger partial charge in [0, 0.05) is 18.2 Å². The Morgan fingerprint density at radius 3 is 2.94 bits per heavy atom. The average molecular weight is 264 g/mol. The van der Waals surface area contributed by atoms with Crippen molar-refractivity contribution in [3.8, 4) is 0 Å². The fraction of sp³-hybridized carbons (Fsp3) is 0.385. The molecule has 0 aromatic carbocycles. The van der Waals surface area contributed by atoms with Crippen molar-refractivity contribution in [2.45, 2.75) is 33.2 Å². The van der Waals surface area contributed by atoms with Gasteiger partial charge in [0.05, 0.1) is 12.2 Å². The van der Waals surface area contributed by atoms with E-state index in [1.807, 2.05) is 24.4 Å². The number of nitrogens with zero attached hydrogens (tertiary/aromatic N) is 1. The van der Waals surface area contributed by atoms with Crippen LogP contribution in [0.5, 0.6) is 0 Å². The van der Waals surface area contributed by atoms with E-state index in [4.69, 9.17) is 4.42 Å². The highest BCUT2D eigenvalue weighted by molar-refractivity contribution is 7.09. The summed E-state index contributed by atoms with van der Waals surface area (Å²) in [5.74, 6) is 1.41. The third-order valence-corrected chi connectivity index (χ3v) is 3.56. The second-order valence-electron chi connectivity index (χ2n) is 4.10. The molecule has 0 aliphatic carbocycles. The molecule has 2 aromatic heterocycles. The Balaban J connectivity index is 1.76. The molecule has 1 N–H and O–H groups in total. The molecule has 5 heteroatoms. The Bertz CT molecular complexity index is 517. The van der Waals surface area contributed by atoms with Gasteiger partial charge < -0.3 is 9.73 Å². The van der Waals surface area contributed by atoms with Crippen LogP contribution in [0.3, 0.4) is 0 Å². The minimum absolute atomic E-state index is 0.0388. The molecule has 0 bridgehead atoms. The van der Waals surface area contributed by atoms with Crippen molar-refractivity contribution >= 4 is 17.2 Å². The lowest BCUT2D eigenvalue weighted by Crippen LogP contribution is -2.23. The number of thiophene rings is 1. The smallest absolute Gasteiger partial charge is 0.220 e. The number of carbonyl (C=O) groups is 1. The van der Waals surface area contributed by atoms with Gasteiger partial charge in [0.15, 0.2) is 5.89 Å². The summed E-state index contributed by atoms with van der Waals surface area (Å²) < 4.78 is 5.39. The second-order valence-corrected chi connectivity index (χ2v) is 5.13. The van der Waals surface area contributed by atoms with Crippen LogP contribution in [-0.2, 0) is 17.8 Å². The summed E-state index contributed by atoms with van der Waals surface area (Å²) in [6, 6.07) is 4.04. The molecular formula is C13H16N2O2S. The SMILES string of the molecule is Cc1nc(C)c(CNC(=O)CCc2cccs2)o1. The number of oxazole rings is 1. The van der Waals surface area contributed by atoms with E-state index in [0.29, 0.717) is 18.9 Å². The van der Waals surface area contributed by atoms with Crippen LogP contribution in [0.1, 0.15) is 28.6 Å². The zero-order valence-electron chi connectivity index (χ0n) is 10.5. The lowest BCUT2D eigenvalue weighted by Gasteiger charge is -2.02. The van der Waals surface area contributed by atoms with Gasteiger partial charge in [0.1, 0.15) is 5.76 Å². The maximum absolute atomic E-state index is 11.7. The van der Waals surface area contributed by atoms with E-state index in [1.165, 1.54) is 4.88 Å². The number of aryl methyl sites for hydroxylation is 3. The van der Waals surface area contributed by atoms with Gasteiger partial charge in [-0.2, -0.15) is 0 Å². The van der Waals surface area contributed by atoms with E-state index >= 15 is 0 Å². The van der Waals surface area contributed by atoms with Crippen LogP contribution in [0.4, 0.5) is 0 Å². The van der Waals surface area contributed by atoms with Crippen molar-refractivity contribution in [2.75, 3.05) is 0 Å². The van der Waals surface area contributed by atoms with Crippen LogP contribution < -0.4 is 5.32 Å². The first-order valence-corrected chi connectivity index (χ1v) is 6.75. The standard InChI is InChI=1S/C13H16N2O2S/c1-9-12(17-10(2)15-9)8-14-13(16)6-5-11-4-3-7-18-11/h3-4,7H,5-6,8H2,1-2H3,(H,14,16). The minimum atomic E-state index is 0.0388. The molecule has 2 heterocycles. The summed E-state index contributed by atoms with van der Waals surface area (Å²) in [5, 5.41) is 4.87. The van der Waals surface area contributed by atoms with Crippen LogP contribution in [0.25, 0.3) is 0 Å². The van der Waals surface area contributed by atoms with E-state index < -0.39 is 0 Å². The second kappa shape index (κ2) is 5.82. The third kappa shape index (κ3) is 3.43. The Kier molecular flexibility index (Phi) is 4.15. The maximum Gasteiger partial charge on any atom is 0.220 e. The van der Waals surface area contributed by atoms with E-state index in [1.54, 1.807) is 18.3 Å². The van der Waals surface area contributed by atoms with Gasteiger partial charge in [0.25, 0.3) is 0 Å². The lowest BCUT2D eigenvalue weighted by atomic mass is 10.2. The van der Waals surface area contributed by atoms with Gasteiger partial charge in [0.2, 0.25) is 5.91 Å². The monoisotopic (exact) mass is 264 g/mol. The molecule has 2 rings (SSSR count). The van der Waals surface area contributed by atoms with Crippen molar-refractivity contribution < 1.29 is 9.21 Å². The third-order valence-electron chi connectivity index (χ3n) is 2.62. The minimum Gasteiger partial charge on any atom is -0.444 e. The summed E-state index contributed by atoms with van der Waals surface area (Å²) in [5.41, 5.74) is 0.839. The molecule has 0 radical (unpaired) electrons. The Hall–Kier alpha value is -1.62. The molecular weight excluding hydrogens is 248 g/mol. The Morgan fingerprint density at radius 2 is 2.33 bits per heavy atom. The van der Waals surface area contributed by atoms with Gasteiger partial charge in [-0.15, -0.1) is 11.3 Å². The summed E-state index contributed by atoms with van der Waals surface area (Å²) in [7, 11) is 0. The van der Waals surface area contributed by atoms with E-state index in [-0.39, 0.29) is 5.91 Å². The normalized spacial score (nSPS) is 10.6. The van der Waals surface area contributed by atoms with Crippen molar-refractivity contribution in [3.63, 3.8) is 0 Å². The van der Waals surface area contributed by atoms with Crippen LogP contribution in [0, 0.1) is 13.8 Å². The number of aromatic nitrogens is 1. The molecule has 0 saturated heterocycles. The first-order chi connectivity index (χ1) is 8.65. The predicted molar refractivity (Wildman–Crippen MR) is 70.5 cm³/mol. The van der Waals surface area contributed by atoms with Gasteiger partial charge >= 0.3 is 0 Å². The van der Waals surface area contributed by atoms with E-state index in [0.717, 1.165) is 17.9 Å². The molecule has 1 amide bonds. The largest absolute Gasteiger partial charge is 0.444 e. The molecule has 4 nitrogen and oxygen atoms in total. The zero-order valence-corrected chi connectivity index (χ0v) is 11.3.